The van der Waals surface area contributed by atoms with Crippen LogP contribution in [0.4, 0.5) is 4.79 Å². The van der Waals surface area contributed by atoms with E-state index in [1.165, 1.54) is 25.7 Å². The molecule has 0 heterocycles. The number of nitrogens with one attached hydrogen (secondary N) is 1. The van der Waals surface area contributed by atoms with Gasteiger partial charge in [-0.1, -0.05) is 6.42 Å². The minimum absolute atomic E-state index is 0.0719. The normalized spacial score (nSPS) is 31.3. The monoisotopic (exact) mass is 268 g/mol. The molecule has 2 saturated carbocycles. The molecule has 0 aliphatic heterocycles. The van der Waals surface area contributed by atoms with Crippen molar-refractivity contribution < 1.29 is 9.90 Å². The Labute approximate surface area is 116 Å². The second-order valence-electron chi connectivity index (χ2n) is 7.25. The first kappa shape index (κ1) is 14.6. The molecule has 0 aromatic carbocycles. The SMILES string of the molecule is CC(NC(=O)N(C)CC(C)(C)O)C1CC2CCC1C2. The highest BCUT2D eigenvalue weighted by molar-refractivity contribution is 5.74. The third kappa shape index (κ3) is 3.62. The van der Waals surface area contributed by atoms with Crippen molar-refractivity contribution in [3.05, 3.63) is 0 Å². The number of rotatable bonds is 4. The molecule has 4 atom stereocenters. The zero-order valence-electron chi connectivity index (χ0n) is 12.6. The lowest BCUT2D eigenvalue weighted by molar-refractivity contribution is 0.0523. The van der Waals surface area contributed by atoms with Crippen molar-refractivity contribution in [3.63, 3.8) is 0 Å². The van der Waals surface area contributed by atoms with Crippen LogP contribution in [0.1, 0.15) is 46.5 Å². The summed E-state index contributed by atoms with van der Waals surface area (Å²) < 4.78 is 0. The van der Waals surface area contributed by atoms with E-state index in [0.29, 0.717) is 12.5 Å². The first-order valence-corrected chi connectivity index (χ1v) is 7.50. The maximum atomic E-state index is 12.1. The van der Waals surface area contributed by atoms with Crippen molar-refractivity contribution in [2.45, 2.75) is 58.1 Å². The highest BCUT2D eigenvalue weighted by Gasteiger charge is 2.42. The van der Waals surface area contributed by atoms with E-state index in [4.69, 9.17) is 0 Å². The zero-order chi connectivity index (χ0) is 14.2. The van der Waals surface area contributed by atoms with Crippen molar-refractivity contribution >= 4 is 6.03 Å². The van der Waals surface area contributed by atoms with Crippen LogP contribution in [0.5, 0.6) is 0 Å². The molecule has 110 valence electrons. The number of hydrogen-bond donors (Lipinski definition) is 2. The van der Waals surface area contributed by atoms with Crippen LogP contribution in [-0.4, -0.2) is 41.3 Å². The van der Waals surface area contributed by atoms with Crippen LogP contribution in [0.3, 0.4) is 0 Å². The van der Waals surface area contributed by atoms with Crippen molar-refractivity contribution in [2.24, 2.45) is 17.8 Å². The topological polar surface area (TPSA) is 52.6 Å². The summed E-state index contributed by atoms with van der Waals surface area (Å²) in [6, 6.07) is 0.171. The lowest BCUT2D eigenvalue weighted by Gasteiger charge is -2.31. The fraction of sp³-hybridized carbons (Fsp3) is 0.933. The quantitative estimate of drug-likeness (QED) is 0.821. The maximum absolute atomic E-state index is 12.1. The Kier molecular flexibility index (Phi) is 4.09. The second kappa shape index (κ2) is 5.31. The molecular weight excluding hydrogens is 240 g/mol. The van der Waals surface area contributed by atoms with E-state index in [9.17, 15) is 9.90 Å². The summed E-state index contributed by atoms with van der Waals surface area (Å²) in [6.45, 7) is 5.91. The Morgan fingerprint density at radius 2 is 2.11 bits per heavy atom. The van der Waals surface area contributed by atoms with Gasteiger partial charge in [0.1, 0.15) is 0 Å². The molecule has 4 unspecified atom stereocenters. The average molecular weight is 268 g/mol. The number of likely N-dealkylation sites (N-methyl/N-ethyl adjacent to an activating group) is 1. The molecule has 2 bridgehead atoms. The molecule has 2 N–H and O–H groups in total. The van der Waals surface area contributed by atoms with E-state index in [-0.39, 0.29) is 12.1 Å². The molecular formula is C15H28N2O2. The summed E-state index contributed by atoms with van der Waals surface area (Å²) in [4.78, 5) is 13.7. The third-order valence-electron chi connectivity index (χ3n) is 4.76. The van der Waals surface area contributed by atoms with Crippen molar-refractivity contribution in [2.75, 3.05) is 13.6 Å². The minimum atomic E-state index is -0.845. The largest absolute Gasteiger partial charge is 0.389 e. The molecule has 0 saturated heterocycles. The molecule has 0 spiro atoms. The lowest BCUT2D eigenvalue weighted by atomic mass is 9.84. The van der Waals surface area contributed by atoms with Gasteiger partial charge in [-0.3, -0.25) is 0 Å². The molecule has 2 amide bonds. The molecule has 2 aliphatic carbocycles. The van der Waals surface area contributed by atoms with Crippen molar-refractivity contribution in [1.82, 2.24) is 10.2 Å². The van der Waals surface area contributed by atoms with Gasteiger partial charge >= 0.3 is 6.03 Å². The van der Waals surface area contributed by atoms with Gasteiger partial charge in [0.05, 0.1) is 12.1 Å². The van der Waals surface area contributed by atoms with Crippen LogP contribution in [0.25, 0.3) is 0 Å². The summed E-state index contributed by atoms with van der Waals surface area (Å²) in [7, 11) is 1.74. The molecule has 0 aromatic rings. The molecule has 2 aliphatic rings. The van der Waals surface area contributed by atoms with Crippen LogP contribution in [0, 0.1) is 17.8 Å². The van der Waals surface area contributed by atoms with Gasteiger partial charge in [-0.05, 0) is 57.8 Å². The van der Waals surface area contributed by atoms with Gasteiger partial charge in [-0.15, -0.1) is 0 Å². The Hall–Kier alpha value is -0.770. The number of carbonyl (C=O) groups excluding carboxylic acids is 1. The minimum Gasteiger partial charge on any atom is -0.389 e. The molecule has 19 heavy (non-hydrogen) atoms. The van der Waals surface area contributed by atoms with Crippen LogP contribution in [0.2, 0.25) is 0 Å². The Morgan fingerprint density at radius 1 is 1.42 bits per heavy atom. The Morgan fingerprint density at radius 3 is 2.58 bits per heavy atom. The van der Waals surface area contributed by atoms with Crippen molar-refractivity contribution in [3.8, 4) is 0 Å². The summed E-state index contributed by atoms with van der Waals surface area (Å²) in [5.41, 5.74) is -0.845. The fourth-order valence-electron chi connectivity index (χ4n) is 3.97. The second-order valence-corrected chi connectivity index (χ2v) is 7.25. The standard InChI is InChI=1S/C15H28N2O2/c1-10(13-8-11-5-6-12(13)7-11)16-14(18)17(4)9-15(2,3)19/h10-13,19H,5-9H2,1-4H3,(H,16,18). The van der Waals surface area contributed by atoms with Gasteiger partial charge in [0.2, 0.25) is 0 Å². The van der Waals surface area contributed by atoms with Crippen molar-refractivity contribution in [1.29, 1.82) is 0 Å². The van der Waals surface area contributed by atoms with E-state index in [1.54, 1.807) is 25.8 Å². The number of aliphatic hydroxyl groups is 1. The number of fused-ring (bicyclic) bond motifs is 2. The molecule has 2 fully saturated rings. The first-order valence-electron chi connectivity index (χ1n) is 7.50. The zero-order valence-corrected chi connectivity index (χ0v) is 12.6. The number of hydrogen-bond acceptors (Lipinski definition) is 2. The predicted molar refractivity (Wildman–Crippen MR) is 75.9 cm³/mol. The van der Waals surface area contributed by atoms with E-state index >= 15 is 0 Å². The number of urea groups is 1. The number of nitrogens with zero attached hydrogens (tertiary/aromatic N) is 1. The van der Waals surface area contributed by atoms with Crippen LogP contribution < -0.4 is 5.32 Å². The number of amides is 2. The summed E-state index contributed by atoms with van der Waals surface area (Å²) in [6.07, 6.45) is 5.38. The maximum Gasteiger partial charge on any atom is 0.317 e. The third-order valence-corrected chi connectivity index (χ3v) is 4.76. The fourth-order valence-corrected chi connectivity index (χ4v) is 3.97. The summed E-state index contributed by atoms with van der Waals surface area (Å²) >= 11 is 0. The van der Waals surface area contributed by atoms with Gasteiger partial charge < -0.3 is 15.3 Å². The van der Waals surface area contributed by atoms with E-state index in [1.807, 2.05) is 0 Å². The van der Waals surface area contributed by atoms with Gasteiger partial charge in [-0.2, -0.15) is 0 Å². The summed E-state index contributed by atoms with van der Waals surface area (Å²) in [5.74, 6) is 2.38. The lowest BCUT2D eigenvalue weighted by Crippen LogP contribution is -2.49. The van der Waals surface area contributed by atoms with Gasteiger partial charge in [0, 0.05) is 13.1 Å². The number of carbonyl (C=O) groups is 1. The molecule has 2 rings (SSSR count). The van der Waals surface area contributed by atoms with Gasteiger partial charge in [-0.25, -0.2) is 4.79 Å². The van der Waals surface area contributed by atoms with E-state index in [0.717, 1.165) is 11.8 Å². The molecule has 4 nitrogen and oxygen atoms in total. The van der Waals surface area contributed by atoms with Crippen LogP contribution in [-0.2, 0) is 0 Å². The Balaban J connectivity index is 1.82. The van der Waals surface area contributed by atoms with Crippen LogP contribution >= 0.6 is 0 Å². The highest BCUT2D eigenvalue weighted by atomic mass is 16.3. The smallest absolute Gasteiger partial charge is 0.317 e. The van der Waals surface area contributed by atoms with Gasteiger partial charge in [0.15, 0.2) is 0 Å². The van der Waals surface area contributed by atoms with Gasteiger partial charge in [0.25, 0.3) is 0 Å². The van der Waals surface area contributed by atoms with E-state index in [2.05, 4.69) is 12.2 Å². The Bertz CT molecular complexity index is 338. The predicted octanol–water partition coefficient (Wildman–Crippen LogP) is 2.22. The van der Waals surface area contributed by atoms with E-state index < -0.39 is 5.60 Å². The highest BCUT2D eigenvalue weighted by Crippen LogP contribution is 2.49. The first-order chi connectivity index (χ1) is 8.76. The average Bonchev–Trinajstić information content (AvgIpc) is 2.87. The molecule has 0 aromatic heterocycles. The molecule has 0 radical (unpaired) electrons. The summed E-state index contributed by atoms with van der Waals surface area (Å²) in [5, 5.41) is 12.9. The van der Waals surface area contributed by atoms with Crippen LogP contribution in [0.15, 0.2) is 0 Å². The molecule has 4 heteroatoms.